The quantitative estimate of drug-likeness (QED) is 0.866. The highest BCUT2D eigenvalue weighted by Gasteiger charge is 2.29. The van der Waals surface area contributed by atoms with E-state index in [4.69, 9.17) is 5.73 Å². The molecule has 0 saturated heterocycles. The fourth-order valence-corrected chi connectivity index (χ4v) is 2.97. The molecule has 21 heavy (non-hydrogen) atoms. The Morgan fingerprint density at radius 1 is 1.29 bits per heavy atom. The summed E-state index contributed by atoms with van der Waals surface area (Å²) in [7, 11) is -4.04. The normalized spacial score (nSPS) is 12.1. The third-order valence-electron chi connectivity index (χ3n) is 2.75. The highest BCUT2D eigenvalue weighted by Crippen LogP contribution is 2.22. The lowest BCUT2D eigenvalue weighted by molar-refractivity contribution is 0.0170. The Labute approximate surface area is 127 Å². The van der Waals surface area contributed by atoms with E-state index < -0.39 is 29.0 Å². The summed E-state index contributed by atoms with van der Waals surface area (Å²) < 4.78 is 52.2. The van der Waals surface area contributed by atoms with Gasteiger partial charge in [-0.15, -0.1) is 12.4 Å². The van der Waals surface area contributed by atoms with Gasteiger partial charge in [-0.2, -0.15) is 0 Å². The monoisotopic (exact) mass is 337 g/mol. The standard InChI is InChI=1S/C12H13F2N3O2S.ClH/c13-12(14,7-15)8-17-20(18,19)11-3-1-2-9-6-16-5-4-10(9)11;/h1-6,17H,7-8,15H2;1H. The highest BCUT2D eigenvalue weighted by molar-refractivity contribution is 7.89. The number of nitrogens with two attached hydrogens (primary N) is 1. The lowest BCUT2D eigenvalue weighted by Crippen LogP contribution is -2.41. The van der Waals surface area contributed by atoms with Crippen LogP contribution in [-0.2, 0) is 10.0 Å². The molecule has 2 rings (SSSR count). The minimum Gasteiger partial charge on any atom is -0.325 e. The maximum absolute atomic E-state index is 13.1. The summed E-state index contributed by atoms with van der Waals surface area (Å²) in [5.74, 6) is -3.28. The molecule has 2 aromatic rings. The number of benzene rings is 1. The molecule has 1 heterocycles. The molecule has 1 aromatic carbocycles. The van der Waals surface area contributed by atoms with Gasteiger partial charge in [-0.05, 0) is 12.1 Å². The van der Waals surface area contributed by atoms with Crippen molar-refractivity contribution in [1.29, 1.82) is 0 Å². The summed E-state index contributed by atoms with van der Waals surface area (Å²) in [6.07, 6.45) is 2.94. The van der Waals surface area contributed by atoms with Crippen LogP contribution in [0.3, 0.4) is 0 Å². The molecule has 0 radical (unpaired) electrons. The van der Waals surface area contributed by atoms with Crippen molar-refractivity contribution in [3.8, 4) is 0 Å². The molecular weight excluding hydrogens is 324 g/mol. The zero-order chi connectivity index (χ0) is 14.8. The third-order valence-corrected chi connectivity index (χ3v) is 4.21. The van der Waals surface area contributed by atoms with Gasteiger partial charge in [-0.25, -0.2) is 21.9 Å². The molecule has 5 nitrogen and oxygen atoms in total. The number of sulfonamides is 1. The zero-order valence-corrected chi connectivity index (χ0v) is 12.4. The Bertz CT molecular complexity index is 720. The summed E-state index contributed by atoms with van der Waals surface area (Å²) in [6, 6.07) is 6.09. The fraction of sp³-hybridized carbons (Fsp3) is 0.250. The van der Waals surface area contributed by atoms with Crippen LogP contribution in [0.4, 0.5) is 8.78 Å². The van der Waals surface area contributed by atoms with E-state index in [1.807, 2.05) is 4.72 Å². The molecule has 116 valence electrons. The predicted octanol–water partition coefficient (Wildman–Crippen LogP) is 1.53. The van der Waals surface area contributed by atoms with Crippen LogP contribution in [0.2, 0.25) is 0 Å². The first-order valence-corrected chi connectivity index (χ1v) is 7.24. The molecule has 0 spiro atoms. The van der Waals surface area contributed by atoms with Crippen molar-refractivity contribution >= 4 is 33.2 Å². The molecule has 0 amide bonds. The number of nitrogens with one attached hydrogen (secondary N) is 1. The van der Waals surface area contributed by atoms with Crippen LogP contribution >= 0.6 is 12.4 Å². The van der Waals surface area contributed by atoms with Crippen molar-refractivity contribution in [2.45, 2.75) is 10.8 Å². The number of alkyl halides is 2. The van der Waals surface area contributed by atoms with Crippen LogP contribution in [0.25, 0.3) is 10.8 Å². The molecule has 0 aliphatic heterocycles. The number of hydrogen-bond acceptors (Lipinski definition) is 4. The summed E-state index contributed by atoms with van der Waals surface area (Å²) in [5, 5.41) is 1.03. The number of aromatic nitrogens is 1. The summed E-state index contributed by atoms with van der Waals surface area (Å²) >= 11 is 0. The number of nitrogens with zero attached hydrogens (tertiary/aromatic N) is 1. The van der Waals surface area contributed by atoms with Gasteiger partial charge in [0.2, 0.25) is 10.0 Å². The first-order chi connectivity index (χ1) is 9.36. The third kappa shape index (κ3) is 4.07. The fourth-order valence-electron chi connectivity index (χ4n) is 1.68. The predicted molar refractivity (Wildman–Crippen MR) is 78.2 cm³/mol. The van der Waals surface area contributed by atoms with Crippen molar-refractivity contribution in [1.82, 2.24) is 9.71 Å². The van der Waals surface area contributed by atoms with E-state index in [2.05, 4.69) is 4.98 Å². The number of pyridine rings is 1. The van der Waals surface area contributed by atoms with Crippen molar-refractivity contribution in [2.75, 3.05) is 13.1 Å². The van der Waals surface area contributed by atoms with E-state index in [0.717, 1.165) is 0 Å². The molecule has 1 aromatic heterocycles. The second-order valence-corrected chi connectivity index (χ2v) is 5.97. The van der Waals surface area contributed by atoms with Crippen molar-refractivity contribution < 1.29 is 17.2 Å². The smallest absolute Gasteiger partial charge is 0.273 e. The lowest BCUT2D eigenvalue weighted by Gasteiger charge is -2.15. The number of hydrogen-bond donors (Lipinski definition) is 2. The molecule has 0 unspecified atom stereocenters. The Morgan fingerprint density at radius 3 is 2.67 bits per heavy atom. The summed E-state index contributed by atoms with van der Waals surface area (Å²) in [5.41, 5.74) is 4.87. The number of halogens is 3. The van der Waals surface area contributed by atoms with Crippen LogP contribution < -0.4 is 10.5 Å². The van der Waals surface area contributed by atoms with Crippen LogP contribution in [0.5, 0.6) is 0 Å². The molecule has 0 atom stereocenters. The average molecular weight is 338 g/mol. The highest BCUT2D eigenvalue weighted by atomic mass is 35.5. The van der Waals surface area contributed by atoms with E-state index >= 15 is 0 Å². The van der Waals surface area contributed by atoms with E-state index in [-0.39, 0.29) is 17.3 Å². The van der Waals surface area contributed by atoms with Gasteiger partial charge < -0.3 is 5.73 Å². The molecule has 0 saturated carbocycles. The minimum absolute atomic E-state index is 0. The van der Waals surface area contributed by atoms with Gasteiger partial charge in [0.05, 0.1) is 18.0 Å². The Morgan fingerprint density at radius 2 is 2.00 bits per heavy atom. The van der Waals surface area contributed by atoms with Crippen LogP contribution in [-0.4, -0.2) is 32.4 Å². The Hall–Kier alpha value is -1.35. The zero-order valence-electron chi connectivity index (χ0n) is 10.8. The van der Waals surface area contributed by atoms with E-state index in [1.165, 1.54) is 30.6 Å². The van der Waals surface area contributed by atoms with Gasteiger partial charge in [0, 0.05) is 23.2 Å². The van der Waals surface area contributed by atoms with Gasteiger partial charge >= 0.3 is 0 Å². The first kappa shape index (κ1) is 17.7. The second kappa shape index (κ2) is 6.61. The van der Waals surface area contributed by atoms with E-state index in [9.17, 15) is 17.2 Å². The molecular formula is C12H14ClF2N3O2S. The molecule has 0 fully saturated rings. The Balaban J connectivity index is 0.00000220. The number of rotatable bonds is 5. The maximum atomic E-state index is 13.1. The van der Waals surface area contributed by atoms with Crippen LogP contribution in [0, 0.1) is 0 Å². The van der Waals surface area contributed by atoms with Crippen molar-refractivity contribution in [3.05, 3.63) is 36.7 Å². The SMILES string of the molecule is Cl.NCC(F)(F)CNS(=O)(=O)c1cccc2cnccc12. The first-order valence-electron chi connectivity index (χ1n) is 5.76. The topological polar surface area (TPSA) is 85.1 Å². The molecule has 3 N–H and O–H groups in total. The average Bonchev–Trinajstić information content (AvgIpc) is 2.45. The van der Waals surface area contributed by atoms with Gasteiger partial charge in [-0.1, -0.05) is 12.1 Å². The van der Waals surface area contributed by atoms with Crippen molar-refractivity contribution in [2.24, 2.45) is 5.73 Å². The van der Waals surface area contributed by atoms with Crippen LogP contribution in [0.15, 0.2) is 41.6 Å². The lowest BCUT2D eigenvalue weighted by atomic mass is 10.2. The van der Waals surface area contributed by atoms with E-state index in [0.29, 0.717) is 10.8 Å². The molecule has 0 aliphatic rings. The minimum atomic E-state index is -4.04. The Kier molecular flexibility index (Phi) is 5.57. The van der Waals surface area contributed by atoms with E-state index in [1.54, 1.807) is 6.07 Å². The molecule has 9 heteroatoms. The summed E-state index contributed by atoms with van der Waals surface area (Å²) in [4.78, 5) is 3.82. The van der Waals surface area contributed by atoms with Crippen LogP contribution in [0.1, 0.15) is 0 Å². The second-order valence-electron chi connectivity index (χ2n) is 4.24. The largest absolute Gasteiger partial charge is 0.325 e. The van der Waals surface area contributed by atoms with Gasteiger partial charge in [0.15, 0.2) is 0 Å². The van der Waals surface area contributed by atoms with Gasteiger partial charge in [-0.3, -0.25) is 4.98 Å². The van der Waals surface area contributed by atoms with Gasteiger partial charge in [0.1, 0.15) is 0 Å². The summed E-state index contributed by atoms with van der Waals surface area (Å²) in [6.45, 7) is -1.96. The molecule has 0 aliphatic carbocycles. The van der Waals surface area contributed by atoms with Crippen molar-refractivity contribution in [3.63, 3.8) is 0 Å². The number of fused-ring (bicyclic) bond motifs is 1. The van der Waals surface area contributed by atoms with Gasteiger partial charge in [0.25, 0.3) is 5.92 Å². The maximum Gasteiger partial charge on any atom is 0.273 e. The molecule has 0 bridgehead atoms.